The molecule has 27 heavy (non-hydrogen) atoms. The summed E-state index contributed by atoms with van der Waals surface area (Å²) in [6.45, 7) is 4.93. The van der Waals surface area contributed by atoms with Crippen LogP contribution < -0.4 is 4.90 Å². The summed E-state index contributed by atoms with van der Waals surface area (Å²) in [5.41, 5.74) is 2.74. The highest BCUT2D eigenvalue weighted by Gasteiger charge is 2.34. The molecule has 2 aliphatic rings. The molecule has 2 aromatic carbocycles. The number of likely N-dealkylation sites (tertiary alicyclic amines) is 1. The molecule has 1 N–H and O–H groups in total. The van der Waals surface area contributed by atoms with Crippen molar-refractivity contribution in [2.75, 3.05) is 31.1 Å². The highest BCUT2D eigenvalue weighted by Crippen LogP contribution is 2.34. The number of hydrogen-bond donors (Lipinski definition) is 1. The van der Waals surface area contributed by atoms with Crippen LogP contribution >= 0.6 is 12.4 Å². The van der Waals surface area contributed by atoms with Crippen molar-refractivity contribution in [3.63, 3.8) is 0 Å². The molecule has 0 radical (unpaired) electrons. The molecule has 0 aliphatic carbocycles. The van der Waals surface area contributed by atoms with Gasteiger partial charge in [0.05, 0.1) is 5.60 Å². The van der Waals surface area contributed by atoms with Crippen molar-refractivity contribution in [1.82, 2.24) is 4.90 Å². The molecule has 5 heteroatoms. The van der Waals surface area contributed by atoms with E-state index in [0.717, 1.165) is 38.3 Å². The van der Waals surface area contributed by atoms with Crippen LogP contribution in [-0.2, 0) is 12.1 Å². The number of anilines is 1. The first-order valence-corrected chi connectivity index (χ1v) is 9.68. The third-order valence-corrected chi connectivity index (χ3v) is 5.90. The molecule has 3 nitrogen and oxygen atoms in total. The zero-order valence-corrected chi connectivity index (χ0v) is 16.4. The Morgan fingerprint density at radius 1 is 0.889 bits per heavy atom. The molecule has 4 rings (SSSR count). The summed E-state index contributed by atoms with van der Waals surface area (Å²) in [5.74, 6) is -0.256. The van der Waals surface area contributed by atoms with Crippen LogP contribution in [0.3, 0.4) is 0 Å². The van der Waals surface area contributed by atoms with Crippen molar-refractivity contribution in [2.45, 2.75) is 37.8 Å². The Hall–Kier alpha value is -1.62. The second-order valence-corrected chi connectivity index (χ2v) is 7.64. The highest BCUT2D eigenvalue weighted by molar-refractivity contribution is 5.85. The predicted molar refractivity (Wildman–Crippen MR) is 110 cm³/mol. The first-order chi connectivity index (χ1) is 12.6. The first-order valence-electron chi connectivity index (χ1n) is 9.68. The number of nitrogens with zero attached hydrogens (tertiary/aromatic N) is 2. The van der Waals surface area contributed by atoms with Crippen molar-refractivity contribution in [3.05, 3.63) is 65.5 Å². The maximum Gasteiger partial charge on any atom is 0.123 e. The zero-order valence-electron chi connectivity index (χ0n) is 15.6. The Morgan fingerprint density at radius 3 is 2.19 bits per heavy atom. The van der Waals surface area contributed by atoms with Crippen LogP contribution in [0.2, 0.25) is 0 Å². The lowest BCUT2D eigenvalue weighted by Crippen LogP contribution is -2.42. The molecule has 0 aromatic heterocycles. The third-order valence-electron chi connectivity index (χ3n) is 5.90. The molecule has 0 bridgehead atoms. The van der Waals surface area contributed by atoms with Gasteiger partial charge in [-0.15, -0.1) is 12.4 Å². The second-order valence-electron chi connectivity index (χ2n) is 7.64. The molecule has 0 unspecified atom stereocenters. The molecule has 2 saturated heterocycles. The van der Waals surface area contributed by atoms with E-state index in [-0.39, 0.29) is 18.2 Å². The lowest BCUT2D eigenvalue weighted by Gasteiger charge is -2.39. The summed E-state index contributed by atoms with van der Waals surface area (Å²) < 4.78 is 13.2. The van der Waals surface area contributed by atoms with E-state index in [1.807, 2.05) is 0 Å². The predicted octanol–water partition coefficient (Wildman–Crippen LogP) is 4.33. The smallest absolute Gasteiger partial charge is 0.123 e. The molecule has 2 heterocycles. The van der Waals surface area contributed by atoms with E-state index < -0.39 is 5.60 Å². The van der Waals surface area contributed by atoms with Gasteiger partial charge in [0.1, 0.15) is 5.82 Å². The summed E-state index contributed by atoms with van der Waals surface area (Å²) in [6.07, 6.45) is 3.93. The van der Waals surface area contributed by atoms with Gasteiger partial charge in [-0.3, -0.25) is 4.90 Å². The van der Waals surface area contributed by atoms with E-state index >= 15 is 0 Å². The van der Waals surface area contributed by atoms with Crippen LogP contribution in [0, 0.1) is 5.82 Å². The highest BCUT2D eigenvalue weighted by atomic mass is 35.5. The fourth-order valence-corrected chi connectivity index (χ4v) is 4.28. The lowest BCUT2D eigenvalue weighted by atomic mass is 9.84. The van der Waals surface area contributed by atoms with Gasteiger partial charge >= 0.3 is 0 Å². The summed E-state index contributed by atoms with van der Waals surface area (Å²) in [4.78, 5) is 4.92. The maximum atomic E-state index is 13.2. The Bertz CT molecular complexity index is 738. The molecule has 0 spiro atoms. The monoisotopic (exact) mass is 390 g/mol. The van der Waals surface area contributed by atoms with Crippen molar-refractivity contribution < 1.29 is 9.50 Å². The van der Waals surface area contributed by atoms with E-state index in [2.05, 4.69) is 34.1 Å². The van der Waals surface area contributed by atoms with Crippen LogP contribution in [0.4, 0.5) is 10.1 Å². The van der Waals surface area contributed by atoms with Crippen LogP contribution in [0.15, 0.2) is 48.5 Å². The van der Waals surface area contributed by atoms with E-state index in [9.17, 15) is 9.50 Å². The van der Waals surface area contributed by atoms with Crippen molar-refractivity contribution in [1.29, 1.82) is 0 Å². The topological polar surface area (TPSA) is 26.7 Å². The SMILES string of the molecule is Cl.OC1(c2ccc(F)cc2)CCN(Cc2ccccc2N2CCCC2)CC1. The third kappa shape index (κ3) is 4.45. The first kappa shape index (κ1) is 20.1. The Labute approximate surface area is 167 Å². The number of benzene rings is 2. The number of hydrogen-bond acceptors (Lipinski definition) is 3. The molecule has 0 saturated carbocycles. The standard InChI is InChI=1S/C22H27FN2O.ClH/c23-20-9-7-19(8-10-20)22(26)11-15-24(16-12-22)17-18-5-1-2-6-21(18)25-13-3-4-14-25;/h1-2,5-10,26H,3-4,11-17H2;1H. The van der Waals surface area contributed by atoms with Gasteiger partial charge in [-0.25, -0.2) is 4.39 Å². The molecular weight excluding hydrogens is 363 g/mol. The average Bonchev–Trinajstić information content (AvgIpc) is 3.19. The number of aliphatic hydroxyl groups is 1. The minimum absolute atomic E-state index is 0. The number of rotatable bonds is 4. The maximum absolute atomic E-state index is 13.2. The van der Waals surface area contributed by atoms with Gasteiger partial charge in [0, 0.05) is 38.4 Å². The van der Waals surface area contributed by atoms with Gasteiger partial charge < -0.3 is 10.0 Å². The summed E-state index contributed by atoms with van der Waals surface area (Å²) in [7, 11) is 0. The minimum atomic E-state index is -0.835. The van der Waals surface area contributed by atoms with Crippen LogP contribution in [-0.4, -0.2) is 36.2 Å². The molecule has 0 amide bonds. The zero-order chi connectivity index (χ0) is 18.0. The van der Waals surface area contributed by atoms with Crippen LogP contribution in [0.5, 0.6) is 0 Å². The fraction of sp³-hybridized carbons (Fsp3) is 0.455. The fourth-order valence-electron chi connectivity index (χ4n) is 4.28. The Balaban J connectivity index is 0.00000210. The van der Waals surface area contributed by atoms with Gasteiger partial charge in [0.15, 0.2) is 0 Å². The Kier molecular flexibility index (Phi) is 6.40. The summed E-state index contributed by atoms with van der Waals surface area (Å²) in [6, 6.07) is 15.0. The molecule has 2 aliphatic heterocycles. The normalized spacial score (nSPS) is 19.7. The number of para-hydroxylation sites is 1. The lowest BCUT2D eigenvalue weighted by molar-refractivity contribution is -0.0277. The molecule has 0 atom stereocenters. The average molecular weight is 391 g/mol. The number of piperidine rings is 1. The minimum Gasteiger partial charge on any atom is -0.385 e. The van der Waals surface area contributed by atoms with Gasteiger partial charge in [-0.1, -0.05) is 30.3 Å². The second kappa shape index (κ2) is 8.59. The molecule has 2 aromatic rings. The van der Waals surface area contributed by atoms with E-state index in [1.165, 1.54) is 36.2 Å². The van der Waals surface area contributed by atoms with Crippen molar-refractivity contribution >= 4 is 18.1 Å². The summed E-state index contributed by atoms with van der Waals surface area (Å²) in [5, 5.41) is 11.0. The van der Waals surface area contributed by atoms with Crippen molar-refractivity contribution in [2.24, 2.45) is 0 Å². The van der Waals surface area contributed by atoms with Crippen LogP contribution in [0.1, 0.15) is 36.8 Å². The van der Waals surface area contributed by atoms with E-state index in [0.29, 0.717) is 12.8 Å². The quantitative estimate of drug-likeness (QED) is 0.841. The molecular formula is C22H28ClFN2O. The van der Waals surface area contributed by atoms with Crippen molar-refractivity contribution in [3.8, 4) is 0 Å². The van der Waals surface area contributed by atoms with Gasteiger partial charge in [-0.05, 0) is 55.0 Å². The van der Waals surface area contributed by atoms with Gasteiger partial charge in [0.2, 0.25) is 0 Å². The molecule has 146 valence electrons. The van der Waals surface area contributed by atoms with E-state index in [4.69, 9.17) is 0 Å². The molecule has 2 fully saturated rings. The largest absolute Gasteiger partial charge is 0.385 e. The summed E-state index contributed by atoms with van der Waals surface area (Å²) >= 11 is 0. The van der Waals surface area contributed by atoms with Crippen LogP contribution in [0.25, 0.3) is 0 Å². The van der Waals surface area contributed by atoms with Gasteiger partial charge in [-0.2, -0.15) is 0 Å². The Morgan fingerprint density at radius 2 is 1.52 bits per heavy atom. The number of halogens is 2. The van der Waals surface area contributed by atoms with Gasteiger partial charge in [0.25, 0.3) is 0 Å². The van der Waals surface area contributed by atoms with E-state index in [1.54, 1.807) is 12.1 Å².